The van der Waals surface area contributed by atoms with Crippen LogP contribution < -0.4 is 16.1 Å². The fraction of sp³-hybridized carbons (Fsp3) is 0.200. The van der Waals surface area contributed by atoms with Crippen molar-refractivity contribution in [2.45, 2.75) is 13.5 Å². The standard InChI is InChI=1S/C25H23FN4O4S/c1-15-20-22(32)30(18-12-10-16(26)11-13-18)25(34)29(24(20)35-21(15)23(33)27(2)3)14-19(31)28(4)17-8-6-5-7-9-17/h5-13H,14H2,1-4H3. The van der Waals surface area contributed by atoms with Crippen LogP contribution in [0, 0.1) is 12.7 Å². The number of aryl methyl sites for hydroxylation is 1. The number of benzene rings is 2. The zero-order valence-electron chi connectivity index (χ0n) is 19.6. The summed E-state index contributed by atoms with van der Waals surface area (Å²) in [6, 6.07) is 13.9. The van der Waals surface area contributed by atoms with Crippen molar-refractivity contribution in [1.82, 2.24) is 14.0 Å². The van der Waals surface area contributed by atoms with Gasteiger partial charge in [0.05, 0.1) is 16.0 Å². The molecule has 0 aliphatic carbocycles. The van der Waals surface area contributed by atoms with Gasteiger partial charge >= 0.3 is 5.69 Å². The zero-order valence-corrected chi connectivity index (χ0v) is 20.4. The second-order valence-corrected chi connectivity index (χ2v) is 9.21. The lowest BCUT2D eigenvalue weighted by Crippen LogP contribution is -2.42. The van der Waals surface area contributed by atoms with E-state index >= 15 is 0 Å². The molecule has 2 aromatic carbocycles. The summed E-state index contributed by atoms with van der Waals surface area (Å²) >= 11 is 0.999. The lowest BCUT2D eigenvalue weighted by atomic mass is 10.2. The molecule has 2 heterocycles. The number of para-hydroxylation sites is 1. The molecule has 2 amide bonds. The predicted molar refractivity (Wildman–Crippen MR) is 134 cm³/mol. The topological polar surface area (TPSA) is 84.6 Å². The first-order chi connectivity index (χ1) is 16.6. The number of halogens is 1. The van der Waals surface area contributed by atoms with Gasteiger partial charge in [0.2, 0.25) is 5.91 Å². The van der Waals surface area contributed by atoms with Gasteiger partial charge in [0.15, 0.2) is 0 Å². The molecule has 35 heavy (non-hydrogen) atoms. The maximum absolute atomic E-state index is 13.6. The second kappa shape index (κ2) is 9.30. The number of likely N-dealkylation sites (N-methyl/N-ethyl adjacent to an activating group) is 1. The van der Waals surface area contributed by atoms with Crippen LogP contribution in [0.1, 0.15) is 15.2 Å². The first kappa shape index (κ1) is 24.1. The molecule has 10 heteroatoms. The summed E-state index contributed by atoms with van der Waals surface area (Å²) in [7, 11) is 4.78. The van der Waals surface area contributed by atoms with Crippen molar-refractivity contribution >= 4 is 39.1 Å². The van der Waals surface area contributed by atoms with Gasteiger partial charge in [-0.1, -0.05) is 18.2 Å². The van der Waals surface area contributed by atoms with E-state index in [1.165, 1.54) is 26.5 Å². The highest BCUT2D eigenvalue weighted by Gasteiger charge is 2.26. The van der Waals surface area contributed by atoms with Gasteiger partial charge in [0, 0.05) is 26.8 Å². The molecule has 0 unspecified atom stereocenters. The molecule has 0 bridgehead atoms. The van der Waals surface area contributed by atoms with Crippen LogP contribution in [0.25, 0.3) is 15.9 Å². The van der Waals surface area contributed by atoms with Gasteiger partial charge in [-0.05, 0) is 48.9 Å². The maximum atomic E-state index is 13.6. The fourth-order valence-electron chi connectivity index (χ4n) is 3.75. The van der Waals surface area contributed by atoms with Crippen molar-refractivity contribution < 1.29 is 14.0 Å². The highest BCUT2D eigenvalue weighted by molar-refractivity contribution is 7.20. The van der Waals surface area contributed by atoms with Crippen molar-refractivity contribution in [3.63, 3.8) is 0 Å². The van der Waals surface area contributed by atoms with Crippen molar-refractivity contribution in [1.29, 1.82) is 0 Å². The predicted octanol–water partition coefficient (Wildman–Crippen LogP) is 3.03. The van der Waals surface area contributed by atoms with E-state index in [1.54, 1.807) is 52.3 Å². The number of amides is 2. The number of carbonyl (C=O) groups is 2. The minimum absolute atomic E-state index is 0.159. The van der Waals surface area contributed by atoms with E-state index in [0.717, 1.165) is 28.0 Å². The van der Waals surface area contributed by atoms with Gasteiger partial charge in [-0.2, -0.15) is 0 Å². The van der Waals surface area contributed by atoms with E-state index in [2.05, 4.69) is 0 Å². The van der Waals surface area contributed by atoms with Crippen LogP contribution in [0.15, 0.2) is 64.2 Å². The summed E-state index contributed by atoms with van der Waals surface area (Å²) in [4.78, 5) is 56.4. The van der Waals surface area contributed by atoms with Crippen LogP contribution in [0.3, 0.4) is 0 Å². The van der Waals surface area contributed by atoms with Crippen molar-refractivity contribution in [3.8, 4) is 5.69 Å². The molecule has 2 aromatic heterocycles. The van der Waals surface area contributed by atoms with Crippen LogP contribution in [0.4, 0.5) is 10.1 Å². The van der Waals surface area contributed by atoms with E-state index in [-0.39, 0.29) is 28.4 Å². The molecule has 0 aliphatic heterocycles. The molecule has 0 aliphatic rings. The molecule has 8 nitrogen and oxygen atoms in total. The number of hydrogen-bond donors (Lipinski definition) is 0. The Morgan fingerprint density at radius 3 is 2.20 bits per heavy atom. The molecule has 0 fully saturated rings. The minimum Gasteiger partial charge on any atom is -0.344 e. The molecular formula is C25H23FN4O4S. The Bertz CT molecular complexity index is 1550. The number of rotatable bonds is 5. The van der Waals surface area contributed by atoms with Gasteiger partial charge in [0.25, 0.3) is 11.5 Å². The molecule has 0 spiro atoms. The molecule has 0 radical (unpaired) electrons. The van der Waals surface area contributed by atoms with Crippen molar-refractivity contribution in [2.75, 3.05) is 26.0 Å². The Morgan fingerprint density at radius 1 is 0.971 bits per heavy atom. The number of carbonyl (C=O) groups excluding carboxylic acids is 2. The molecule has 180 valence electrons. The summed E-state index contributed by atoms with van der Waals surface area (Å²) in [6.45, 7) is 1.27. The summed E-state index contributed by atoms with van der Waals surface area (Å²) < 4.78 is 15.6. The van der Waals surface area contributed by atoms with E-state index in [0.29, 0.717) is 16.1 Å². The molecule has 0 atom stereocenters. The summed E-state index contributed by atoms with van der Waals surface area (Å²) in [5, 5.41) is 0.166. The van der Waals surface area contributed by atoms with Gasteiger partial charge in [0.1, 0.15) is 17.2 Å². The Morgan fingerprint density at radius 2 is 1.60 bits per heavy atom. The Balaban J connectivity index is 1.97. The van der Waals surface area contributed by atoms with Crippen LogP contribution >= 0.6 is 11.3 Å². The van der Waals surface area contributed by atoms with E-state index in [1.807, 2.05) is 6.07 Å². The third kappa shape index (κ3) is 4.28. The molecule has 0 saturated heterocycles. The lowest BCUT2D eigenvalue weighted by Gasteiger charge is -2.19. The van der Waals surface area contributed by atoms with Crippen molar-refractivity contribution in [3.05, 3.63) is 91.7 Å². The average molecular weight is 495 g/mol. The Kier molecular flexibility index (Phi) is 6.40. The second-order valence-electron chi connectivity index (χ2n) is 8.21. The fourth-order valence-corrected chi connectivity index (χ4v) is 5.06. The van der Waals surface area contributed by atoms with Crippen LogP contribution in [-0.2, 0) is 11.3 Å². The molecule has 4 aromatic rings. The lowest BCUT2D eigenvalue weighted by molar-refractivity contribution is -0.118. The third-order valence-electron chi connectivity index (χ3n) is 5.71. The largest absolute Gasteiger partial charge is 0.344 e. The molecule has 4 rings (SSSR count). The Labute approximate surface area is 204 Å². The number of anilines is 1. The summed E-state index contributed by atoms with van der Waals surface area (Å²) in [5.74, 6) is -1.23. The molecule has 0 N–H and O–H groups in total. The summed E-state index contributed by atoms with van der Waals surface area (Å²) in [6.07, 6.45) is 0. The number of thiophene rings is 1. The smallest absolute Gasteiger partial charge is 0.337 e. The van der Waals surface area contributed by atoms with Crippen molar-refractivity contribution in [2.24, 2.45) is 0 Å². The van der Waals surface area contributed by atoms with Gasteiger partial charge in [-0.3, -0.25) is 19.0 Å². The number of hydrogen-bond acceptors (Lipinski definition) is 5. The normalized spacial score (nSPS) is 11.0. The number of fused-ring (bicyclic) bond motifs is 1. The highest BCUT2D eigenvalue weighted by Crippen LogP contribution is 2.29. The zero-order chi connectivity index (χ0) is 25.4. The molecule has 0 saturated carbocycles. The minimum atomic E-state index is -0.756. The van der Waals surface area contributed by atoms with E-state index in [4.69, 9.17) is 0 Å². The Hall–Kier alpha value is -4.05. The van der Waals surface area contributed by atoms with Crippen LogP contribution in [-0.4, -0.2) is 47.0 Å². The first-order valence-corrected chi connectivity index (χ1v) is 11.5. The first-order valence-electron chi connectivity index (χ1n) is 10.7. The monoisotopic (exact) mass is 494 g/mol. The maximum Gasteiger partial charge on any atom is 0.337 e. The third-order valence-corrected chi connectivity index (χ3v) is 7.01. The van der Waals surface area contributed by atoms with Gasteiger partial charge < -0.3 is 9.80 Å². The summed E-state index contributed by atoms with van der Waals surface area (Å²) in [5.41, 5.74) is -0.175. The molecular weight excluding hydrogens is 471 g/mol. The quantitative estimate of drug-likeness (QED) is 0.427. The number of aromatic nitrogens is 2. The van der Waals surface area contributed by atoms with E-state index in [9.17, 15) is 23.6 Å². The number of nitrogens with zero attached hydrogens (tertiary/aromatic N) is 4. The van der Waals surface area contributed by atoms with Gasteiger partial charge in [-0.15, -0.1) is 11.3 Å². The van der Waals surface area contributed by atoms with Crippen LogP contribution in [0.2, 0.25) is 0 Å². The SMILES string of the molecule is Cc1c(C(=O)N(C)C)sc2c1c(=O)n(-c1ccc(F)cc1)c(=O)n2CC(=O)N(C)c1ccccc1. The van der Waals surface area contributed by atoms with E-state index < -0.39 is 23.0 Å². The highest BCUT2D eigenvalue weighted by atomic mass is 32.1. The van der Waals surface area contributed by atoms with Crippen LogP contribution in [0.5, 0.6) is 0 Å². The average Bonchev–Trinajstić information content (AvgIpc) is 3.19. The van der Waals surface area contributed by atoms with Gasteiger partial charge in [-0.25, -0.2) is 13.8 Å².